The first-order valence-electron chi connectivity index (χ1n) is 10.4. The number of carbonyl (C=O) groups excluding carboxylic acids is 1. The van der Waals surface area contributed by atoms with Crippen LogP contribution in [0.3, 0.4) is 0 Å². The minimum atomic E-state index is 0.0404. The number of ketones is 1. The molecule has 5 unspecified atom stereocenters. The number of rotatable bonds is 7. The van der Waals surface area contributed by atoms with Gasteiger partial charge in [-0.25, -0.2) is 0 Å². The molecule has 1 N–H and O–H groups in total. The summed E-state index contributed by atoms with van der Waals surface area (Å²) in [5, 5.41) is 4.20. The number of hydrogen-bond acceptors (Lipinski definition) is 6. The highest BCUT2D eigenvalue weighted by Gasteiger charge is 2.33. The summed E-state index contributed by atoms with van der Waals surface area (Å²) in [5.41, 5.74) is 4.04. The van der Waals surface area contributed by atoms with Crippen molar-refractivity contribution in [2.75, 3.05) is 7.05 Å². The van der Waals surface area contributed by atoms with Crippen LogP contribution < -0.4 is 5.43 Å². The van der Waals surface area contributed by atoms with Gasteiger partial charge in [-0.2, -0.15) is 5.10 Å². The molecule has 1 saturated heterocycles. The first-order valence-corrected chi connectivity index (χ1v) is 11.2. The van der Waals surface area contributed by atoms with Crippen LogP contribution in [-0.2, 0) is 13.7 Å². The molecule has 2 fully saturated rings. The van der Waals surface area contributed by atoms with Crippen molar-refractivity contribution in [2.24, 2.45) is 22.9 Å². The van der Waals surface area contributed by atoms with Gasteiger partial charge in [0, 0.05) is 13.0 Å². The molecule has 1 saturated carbocycles. The van der Waals surface area contributed by atoms with Crippen LogP contribution in [0.4, 0.5) is 0 Å². The Bertz CT molecular complexity index is 522. The van der Waals surface area contributed by atoms with Crippen molar-refractivity contribution in [3.05, 3.63) is 11.8 Å². The highest BCUT2D eigenvalue weighted by Crippen LogP contribution is 2.36. The average molecular weight is 399 g/mol. The largest absolute Gasteiger partial charge is 0.430 e. The highest BCUT2D eigenvalue weighted by molar-refractivity contribution is 7.95. The molecule has 2 rings (SSSR count). The molecule has 0 aromatic carbocycles. The van der Waals surface area contributed by atoms with Crippen molar-refractivity contribution in [1.29, 1.82) is 0 Å². The van der Waals surface area contributed by atoms with Crippen LogP contribution in [-0.4, -0.2) is 30.1 Å². The Morgan fingerprint density at radius 3 is 2.44 bits per heavy atom. The Labute approximate surface area is 169 Å². The van der Waals surface area contributed by atoms with Gasteiger partial charge in [-0.15, -0.1) is 0 Å². The fraction of sp³-hybridized carbons (Fsp3) is 0.810. The lowest BCUT2D eigenvalue weighted by Gasteiger charge is -2.32. The van der Waals surface area contributed by atoms with Crippen LogP contribution in [0.15, 0.2) is 16.9 Å². The summed E-state index contributed by atoms with van der Waals surface area (Å²) in [6, 6.07) is 0. The van der Waals surface area contributed by atoms with Crippen molar-refractivity contribution in [2.45, 2.75) is 85.2 Å². The van der Waals surface area contributed by atoms with Crippen LogP contribution in [0.25, 0.3) is 0 Å². The second-order valence-corrected chi connectivity index (χ2v) is 8.38. The van der Waals surface area contributed by atoms with Gasteiger partial charge < -0.3 is 14.3 Å². The Morgan fingerprint density at radius 1 is 1.19 bits per heavy atom. The van der Waals surface area contributed by atoms with Gasteiger partial charge in [0.15, 0.2) is 5.78 Å². The standard InChI is InChI=1S/C19H32N2O3S.C2H6/c1-12-6-8-16(13(2)10-12)19(22)17(15(4)21-20-5)11-23-25-18-9-7-14(3)24-18;1-2/h11-14,16,18,20H,6-10H2,1-5H3;1-2H3/b17-11-,21-15-;. The lowest BCUT2D eigenvalue weighted by molar-refractivity contribution is -0.121. The van der Waals surface area contributed by atoms with Gasteiger partial charge in [0.25, 0.3) is 0 Å². The van der Waals surface area contributed by atoms with Crippen LogP contribution in [0.1, 0.15) is 73.6 Å². The molecule has 2 aliphatic rings. The SMILES string of the molecule is CC.CN/N=C(C)\C(=C\OSC1CCC(C)O1)C(=O)C1CCC(C)CC1C. The van der Waals surface area contributed by atoms with Crippen LogP contribution in [0, 0.1) is 17.8 Å². The Hall–Kier alpha value is -1.01. The van der Waals surface area contributed by atoms with Crippen LogP contribution in [0.2, 0.25) is 0 Å². The van der Waals surface area contributed by atoms with E-state index in [0.29, 0.717) is 23.1 Å². The van der Waals surface area contributed by atoms with Gasteiger partial charge in [0.05, 0.1) is 29.4 Å². The maximum absolute atomic E-state index is 13.1. The van der Waals surface area contributed by atoms with E-state index in [2.05, 4.69) is 31.3 Å². The molecule has 0 spiro atoms. The van der Waals surface area contributed by atoms with Gasteiger partial charge >= 0.3 is 0 Å². The van der Waals surface area contributed by atoms with Crippen molar-refractivity contribution >= 4 is 23.5 Å². The number of carbonyl (C=O) groups is 1. The number of ether oxygens (including phenoxy) is 1. The molecule has 0 aromatic heterocycles. The predicted octanol–water partition coefficient (Wildman–Crippen LogP) is 5.32. The smallest absolute Gasteiger partial charge is 0.171 e. The molecule has 1 aliphatic carbocycles. The molecular weight excluding hydrogens is 360 g/mol. The monoisotopic (exact) mass is 398 g/mol. The summed E-state index contributed by atoms with van der Waals surface area (Å²) in [6.07, 6.45) is 7.04. The third kappa shape index (κ3) is 7.49. The second kappa shape index (κ2) is 12.4. The van der Waals surface area contributed by atoms with Gasteiger partial charge in [-0.3, -0.25) is 4.79 Å². The number of allylic oxidation sites excluding steroid dienone is 1. The summed E-state index contributed by atoms with van der Waals surface area (Å²) in [6.45, 7) is 12.4. The second-order valence-electron chi connectivity index (χ2n) is 7.46. The van der Waals surface area contributed by atoms with E-state index in [1.165, 1.54) is 12.0 Å². The lowest BCUT2D eigenvalue weighted by atomic mass is 9.72. The molecule has 1 aliphatic heterocycles. The summed E-state index contributed by atoms with van der Waals surface area (Å²) in [7, 11) is 1.74. The van der Waals surface area contributed by atoms with Crippen LogP contribution >= 0.6 is 12.0 Å². The van der Waals surface area contributed by atoms with E-state index in [1.54, 1.807) is 13.3 Å². The van der Waals surface area contributed by atoms with Crippen molar-refractivity contribution in [1.82, 2.24) is 5.43 Å². The molecule has 6 heteroatoms. The van der Waals surface area contributed by atoms with E-state index in [4.69, 9.17) is 8.92 Å². The number of nitrogens with zero attached hydrogens (tertiary/aromatic N) is 1. The Morgan fingerprint density at radius 2 is 1.89 bits per heavy atom. The topological polar surface area (TPSA) is 59.9 Å². The maximum Gasteiger partial charge on any atom is 0.171 e. The molecule has 5 nitrogen and oxygen atoms in total. The van der Waals surface area contributed by atoms with E-state index in [1.807, 2.05) is 20.8 Å². The third-order valence-electron chi connectivity index (χ3n) is 5.22. The fourth-order valence-corrected chi connectivity index (χ4v) is 4.52. The van der Waals surface area contributed by atoms with E-state index < -0.39 is 0 Å². The minimum absolute atomic E-state index is 0.0404. The summed E-state index contributed by atoms with van der Waals surface area (Å²) in [5.74, 6) is 1.30. The summed E-state index contributed by atoms with van der Waals surface area (Å²) < 4.78 is 11.4. The van der Waals surface area contributed by atoms with Gasteiger partial charge in [0.2, 0.25) is 0 Å². The molecule has 0 bridgehead atoms. The molecule has 1 heterocycles. The summed E-state index contributed by atoms with van der Waals surface area (Å²) in [4.78, 5) is 13.1. The van der Waals surface area contributed by atoms with E-state index in [9.17, 15) is 4.79 Å². The number of hydrazone groups is 1. The van der Waals surface area contributed by atoms with Gasteiger partial charge in [-0.05, 0) is 57.8 Å². The molecule has 0 radical (unpaired) electrons. The molecule has 0 amide bonds. The summed E-state index contributed by atoms with van der Waals surface area (Å²) >= 11 is 1.29. The van der Waals surface area contributed by atoms with Crippen molar-refractivity contribution in [3.8, 4) is 0 Å². The van der Waals surface area contributed by atoms with E-state index in [-0.39, 0.29) is 23.2 Å². The van der Waals surface area contributed by atoms with E-state index >= 15 is 0 Å². The van der Waals surface area contributed by atoms with Gasteiger partial charge in [-0.1, -0.05) is 27.7 Å². The Kier molecular flexibility index (Phi) is 11.1. The third-order valence-corrected chi connectivity index (χ3v) is 5.99. The first kappa shape index (κ1) is 24.0. The predicted molar refractivity (Wildman–Crippen MR) is 115 cm³/mol. The number of nitrogens with one attached hydrogen (secondary N) is 1. The maximum atomic E-state index is 13.1. The molecule has 5 atom stereocenters. The number of Topliss-reactive ketones (excluding diaryl/α,β-unsaturated/α-hetero) is 1. The quantitative estimate of drug-likeness (QED) is 0.207. The zero-order valence-corrected chi connectivity index (χ0v) is 18.9. The fourth-order valence-electron chi connectivity index (χ4n) is 3.78. The molecule has 156 valence electrons. The van der Waals surface area contributed by atoms with Crippen molar-refractivity contribution < 1.29 is 13.7 Å². The first-order chi connectivity index (χ1) is 12.9. The average Bonchev–Trinajstić information content (AvgIpc) is 3.05. The number of hydrogen-bond donors (Lipinski definition) is 1. The highest BCUT2D eigenvalue weighted by atomic mass is 32.2. The van der Waals surface area contributed by atoms with E-state index in [0.717, 1.165) is 32.1 Å². The zero-order chi connectivity index (χ0) is 20.4. The zero-order valence-electron chi connectivity index (χ0n) is 18.1. The molecular formula is C21H38N2O3S. The molecule has 27 heavy (non-hydrogen) atoms. The normalized spacial score (nSPS) is 31.7. The van der Waals surface area contributed by atoms with Crippen LogP contribution in [0.5, 0.6) is 0 Å². The minimum Gasteiger partial charge on any atom is -0.430 e. The van der Waals surface area contributed by atoms with Crippen molar-refractivity contribution in [3.63, 3.8) is 0 Å². The van der Waals surface area contributed by atoms with Gasteiger partial charge in [0.1, 0.15) is 11.7 Å². The Balaban J connectivity index is 0.00000176. The molecule has 0 aromatic rings. The lowest BCUT2D eigenvalue weighted by Crippen LogP contribution is -2.31.